The Kier molecular flexibility index (Phi) is 6.27. The predicted molar refractivity (Wildman–Crippen MR) is 119 cm³/mol. The van der Waals surface area contributed by atoms with Gasteiger partial charge in [0, 0.05) is 30.3 Å². The van der Waals surface area contributed by atoms with Gasteiger partial charge in [-0.2, -0.15) is 0 Å². The first kappa shape index (κ1) is 20.5. The molecule has 1 N–H and O–H groups in total. The molecule has 0 aliphatic carbocycles. The molecule has 0 radical (unpaired) electrons. The second kappa shape index (κ2) is 8.86. The number of amides is 1. The minimum atomic E-state index is -0.202. The van der Waals surface area contributed by atoms with E-state index in [1.807, 2.05) is 42.2 Å². The summed E-state index contributed by atoms with van der Waals surface area (Å²) in [7, 11) is 0. The minimum absolute atomic E-state index is 0.202. The van der Waals surface area contributed by atoms with Gasteiger partial charge in [0.1, 0.15) is 0 Å². The summed E-state index contributed by atoms with van der Waals surface area (Å²) in [6, 6.07) is 14.3. The quantitative estimate of drug-likeness (QED) is 0.595. The van der Waals surface area contributed by atoms with Crippen LogP contribution in [0.3, 0.4) is 0 Å². The average molecular weight is 389 g/mol. The molecule has 29 heavy (non-hydrogen) atoms. The molecule has 3 rings (SSSR count). The average Bonchev–Trinajstić information content (AvgIpc) is 2.70. The lowest BCUT2D eigenvalue weighted by Crippen LogP contribution is -2.20. The zero-order valence-electron chi connectivity index (χ0n) is 17.7. The molecule has 0 aliphatic rings. The molecule has 150 valence electrons. The maximum atomic E-state index is 12.8. The van der Waals surface area contributed by atoms with Crippen LogP contribution in [-0.2, 0) is 0 Å². The lowest BCUT2D eigenvalue weighted by atomic mass is 9.98. The smallest absolute Gasteiger partial charge is 0.258 e. The van der Waals surface area contributed by atoms with E-state index in [0.717, 1.165) is 29.0 Å². The first-order valence-corrected chi connectivity index (χ1v) is 9.97. The number of anilines is 3. The SMILES string of the molecule is CCN(c1cccc(C)c1)c1ncc(C(=O)Nc2c(C)cccc2C(C)C)cn1. The summed E-state index contributed by atoms with van der Waals surface area (Å²) >= 11 is 0. The summed E-state index contributed by atoms with van der Waals surface area (Å²) in [5.74, 6) is 0.691. The van der Waals surface area contributed by atoms with Gasteiger partial charge < -0.3 is 10.2 Å². The Balaban J connectivity index is 1.82. The summed E-state index contributed by atoms with van der Waals surface area (Å²) in [6.07, 6.45) is 3.17. The number of nitrogens with one attached hydrogen (secondary N) is 1. The Hall–Kier alpha value is -3.21. The highest BCUT2D eigenvalue weighted by atomic mass is 16.1. The Morgan fingerprint density at radius 1 is 1.07 bits per heavy atom. The molecule has 1 heterocycles. The number of hydrogen-bond acceptors (Lipinski definition) is 4. The van der Waals surface area contributed by atoms with Gasteiger partial charge in [-0.25, -0.2) is 9.97 Å². The Bertz CT molecular complexity index is 996. The lowest BCUT2D eigenvalue weighted by molar-refractivity contribution is 0.102. The van der Waals surface area contributed by atoms with E-state index in [0.29, 0.717) is 17.4 Å². The Morgan fingerprint density at radius 3 is 2.38 bits per heavy atom. The second-order valence-corrected chi connectivity index (χ2v) is 7.50. The third kappa shape index (κ3) is 4.62. The molecule has 0 fully saturated rings. The molecule has 5 nitrogen and oxygen atoms in total. The molecular weight excluding hydrogens is 360 g/mol. The van der Waals surface area contributed by atoms with Crippen LogP contribution in [0.1, 0.15) is 53.7 Å². The van der Waals surface area contributed by atoms with Gasteiger partial charge in [-0.1, -0.05) is 44.2 Å². The maximum absolute atomic E-state index is 12.8. The van der Waals surface area contributed by atoms with Crippen LogP contribution in [0, 0.1) is 13.8 Å². The fourth-order valence-electron chi connectivity index (χ4n) is 3.34. The molecule has 0 unspecified atom stereocenters. The van der Waals surface area contributed by atoms with Gasteiger partial charge in [0.15, 0.2) is 0 Å². The normalized spacial score (nSPS) is 10.8. The van der Waals surface area contributed by atoms with Crippen molar-refractivity contribution in [2.75, 3.05) is 16.8 Å². The minimum Gasteiger partial charge on any atom is -0.321 e. The van der Waals surface area contributed by atoms with E-state index in [1.54, 1.807) is 12.4 Å². The van der Waals surface area contributed by atoms with E-state index < -0.39 is 0 Å². The van der Waals surface area contributed by atoms with Crippen LogP contribution in [0.2, 0.25) is 0 Å². The highest BCUT2D eigenvalue weighted by Crippen LogP contribution is 2.28. The van der Waals surface area contributed by atoms with Crippen molar-refractivity contribution in [1.29, 1.82) is 0 Å². The number of aryl methyl sites for hydroxylation is 2. The van der Waals surface area contributed by atoms with E-state index in [4.69, 9.17) is 0 Å². The first-order valence-electron chi connectivity index (χ1n) is 9.97. The van der Waals surface area contributed by atoms with Crippen molar-refractivity contribution >= 4 is 23.2 Å². The standard InChI is InChI=1S/C24H28N4O/c1-6-28(20-11-7-9-17(4)13-20)24-25-14-19(15-26-24)23(29)27-22-18(5)10-8-12-21(22)16(2)3/h7-16H,6H2,1-5H3,(H,27,29). The zero-order chi connectivity index (χ0) is 21.0. The summed E-state index contributed by atoms with van der Waals surface area (Å²) in [5, 5.41) is 3.05. The molecule has 5 heteroatoms. The number of carbonyl (C=O) groups excluding carboxylic acids is 1. The van der Waals surface area contributed by atoms with Crippen LogP contribution >= 0.6 is 0 Å². The second-order valence-electron chi connectivity index (χ2n) is 7.50. The Morgan fingerprint density at radius 2 is 1.76 bits per heavy atom. The molecular formula is C24H28N4O. The molecule has 0 atom stereocenters. The molecule has 0 aliphatic heterocycles. The number of hydrogen-bond donors (Lipinski definition) is 1. The molecule has 1 aromatic heterocycles. The van der Waals surface area contributed by atoms with E-state index >= 15 is 0 Å². The first-order chi connectivity index (χ1) is 13.9. The van der Waals surface area contributed by atoms with Crippen molar-refractivity contribution in [3.63, 3.8) is 0 Å². The summed E-state index contributed by atoms with van der Waals surface area (Å²) in [6.45, 7) is 11.1. The van der Waals surface area contributed by atoms with Gasteiger partial charge in [0.25, 0.3) is 5.91 Å². The van der Waals surface area contributed by atoms with Gasteiger partial charge in [-0.15, -0.1) is 0 Å². The number of nitrogens with zero attached hydrogens (tertiary/aromatic N) is 3. The summed E-state index contributed by atoms with van der Waals surface area (Å²) in [4.78, 5) is 23.7. The Labute approximate surface area is 172 Å². The van der Waals surface area contributed by atoms with Gasteiger partial charge in [-0.3, -0.25) is 4.79 Å². The number of carbonyl (C=O) groups is 1. The highest BCUT2D eigenvalue weighted by molar-refractivity contribution is 6.04. The third-order valence-electron chi connectivity index (χ3n) is 4.94. The van der Waals surface area contributed by atoms with Gasteiger partial charge in [0.05, 0.1) is 5.56 Å². The maximum Gasteiger partial charge on any atom is 0.258 e. The van der Waals surface area contributed by atoms with Gasteiger partial charge >= 0.3 is 0 Å². The largest absolute Gasteiger partial charge is 0.321 e. The van der Waals surface area contributed by atoms with Crippen molar-refractivity contribution in [1.82, 2.24) is 9.97 Å². The molecule has 2 aromatic carbocycles. The van der Waals surface area contributed by atoms with Crippen LogP contribution in [-0.4, -0.2) is 22.4 Å². The van der Waals surface area contributed by atoms with Crippen LogP contribution in [0.15, 0.2) is 54.9 Å². The van der Waals surface area contributed by atoms with Crippen LogP contribution < -0.4 is 10.2 Å². The molecule has 0 saturated carbocycles. The van der Waals surface area contributed by atoms with Gasteiger partial charge in [0.2, 0.25) is 5.95 Å². The molecule has 1 amide bonds. The number of para-hydroxylation sites is 1. The number of rotatable bonds is 6. The number of benzene rings is 2. The van der Waals surface area contributed by atoms with E-state index in [1.165, 1.54) is 5.56 Å². The van der Waals surface area contributed by atoms with E-state index in [2.05, 4.69) is 55.1 Å². The van der Waals surface area contributed by atoms with E-state index in [-0.39, 0.29) is 5.91 Å². The molecule has 0 spiro atoms. The molecule has 0 bridgehead atoms. The lowest BCUT2D eigenvalue weighted by Gasteiger charge is -2.21. The van der Waals surface area contributed by atoms with Gasteiger partial charge in [-0.05, 0) is 55.5 Å². The highest BCUT2D eigenvalue weighted by Gasteiger charge is 2.16. The van der Waals surface area contributed by atoms with Crippen molar-refractivity contribution in [3.8, 4) is 0 Å². The fraction of sp³-hybridized carbons (Fsp3) is 0.292. The van der Waals surface area contributed by atoms with Crippen molar-refractivity contribution in [2.24, 2.45) is 0 Å². The van der Waals surface area contributed by atoms with Crippen LogP contribution in [0.4, 0.5) is 17.3 Å². The van der Waals surface area contributed by atoms with Crippen molar-refractivity contribution in [3.05, 3.63) is 77.1 Å². The third-order valence-corrected chi connectivity index (χ3v) is 4.94. The van der Waals surface area contributed by atoms with Crippen molar-refractivity contribution < 1.29 is 4.79 Å². The summed E-state index contributed by atoms with van der Waals surface area (Å²) in [5.41, 5.74) is 5.67. The number of aromatic nitrogens is 2. The predicted octanol–water partition coefficient (Wildman–Crippen LogP) is 5.63. The molecule has 0 saturated heterocycles. The van der Waals surface area contributed by atoms with E-state index in [9.17, 15) is 4.79 Å². The summed E-state index contributed by atoms with van der Waals surface area (Å²) < 4.78 is 0. The monoisotopic (exact) mass is 388 g/mol. The van der Waals surface area contributed by atoms with Crippen LogP contribution in [0.5, 0.6) is 0 Å². The fourth-order valence-corrected chi connectivity index (χ4v) is 3.34. The van der Waals surface area contributed by atoms with Crippen LogP contribution in [0.25, 0.3) is 0 Å². The zero-order valence-corrected chi connectivity index (χ0v) is 17.7. The van der Waals surface area contributed by atoms with Crippen molar-refractivity contribution in [2.45, 2.75) is 40.5 Å². The molecule has 3 aromatic rings. The topological polar surface area (TPSA) is 58.1 Å².